The van der Waals surface area contributed by atoms with E-state index in [2.05, 4.69) is 15.3 Å². The van der Waals surface area contributed by atoms with E-state index in [0.29, 0.717) is 11.8 Å². The third-order valence-corrected chi connectivity index (χ3v) is 2.69. The average Bonchev–Trinajstić information content (AvgIpc) is 2.68. The minimum Gasteiger partial charge on any atom is -0.381 e. The Labute approximate surface area is 98.3 Å². The van der Waals surface area contributed by atoms with E-state index in [0.717, 1.165) is 11.3 Å². The first-order valence-electron chi connectivity index (χ1n) is 4.58. The molecule has 2 aromatic rings. The van der Waals surface area contributed by atoms with E-state index in [1.54, 1.807) is 5.38 Å². The van der Waals surface area contributed by atoms with Crippen molar-refractivity contribution in [2.75, 3.05) is 11.1 Å². The van der Waals surface area contributed by atoms with E-state index >= 15 is 0 Å². The number of aromatic amines is 1. The smallest absolute Gasteiger partial charge is 0.304 e. The Kier molecular flexibility index (Phi) is 3.05. The minimum atomic E-state index is -0.906. The lowest BCUT2D eigenvalue weighted by Crippen LogP contribution is -2.08. The zero-order valence-corrected chi connectivity index (χ0v) is 9.28. The van der Waals surface area contributed by atoms with E-state index in [1.807, 2.05) is 0 Å². The molecular formula is C9H8F2N4OS. The summed E-state index contributed by atoms with van der Waals surface area (Å²) in [6.45, 7) is 0.174. The van der Waals surface area contributed by atoms with Crippen molar-refractivity contribution >= 4 is 23.0 Å². The Morgan fingerprint density at radius 1 is 1.47 bits per heavy atom. The molecule has 2 heterocycles. The molecule has 0 aliphatic rings. The second kappa shape index (κ2) is 4.50. The second-order valence-electron chi connectivity index (χ2n) is 3.21. The van der Waals surface area contributed by atoms with Crippen LogP contribution in [-0.2, 0) is 6.54 Å². The van der Waals surface area contributed by atoms with Crippen LogP contribution < -0.4 is 15.9 Å². The molecule has 0 fully saturated rings. The molecule has 17 heavy (non-hydrogen) atoms. The fourth-order valence-corrected chi connectivity index (χ4v) is 1.77. The van der Waals surface area contributed by atoms with Crippen LogP contribution >= 0.6 is 11.3 Å². The van der Waals surface area contributed by atoms with E-state index in [-0.39, 0.29) is 23.1 Å². The highest BCUT2D eigenvalue weighted by atomic mass is 32.1. The number of H-pyrrole nitrogens is 1. The van der Waals surface area contributed by atoms with Crippen molar-refractivity contribution in [2.24, 2.45) is 0 Å². The van der Waals surface area contributed by atoms with Crippen LogP contribution in [0, 0.1) is 11.6 Å². The molecule has 0 aliphatic carbocycles. The van der Waals surface area contributed by atoms with Crippen LogP contribution in [0.2, 0.25) is 0 Å². The number of nitrogens with zero attached hydrogens (tertiary/aromatic N) is 1. The number of aromatic nitrogens is 2. The summed E-state index contributed by atoms with van der Waals surface area (Å²) in [6.07, 6.45) is 0. The van der Waals surface area contributed by atoms with Crippen LogP contribution in [-0.4, -0.2) is 9.97 Å². The molecule has 90 valence electrons. The van der Waals surface area contributed by atoms with Gasteiger partial charge in [-0.3, -0.25) is 4.79 Å². The number of nitrogens with one attached hydrogen (secondary N) is 2. The van der Waals surface area contributed by atoms with Crippen molar-refractivity contribution in [1.29, 1.82) is 0 Å². The summed E-state index contributed by atoms with van der Waals surface area (Å²) >= 11 is 0.999. The van der Waals surface area contributed by atoms with E-state index in [1.165, 1.54) is 0 Å². The van der Waals surface area contributed by atoms with Crippen LogP contribution in [0.1, 0.15) is 5.69 Å². The van der Waals surface area contributed by atoms with Crippen LogP contribution in [0.3, 0.4) is 0 Å². The van der Waals surface area contributed by atoms with Crippen molar-refractivity contribution in [3.8, 4) is 0 Å². The summed E-state index contributed by atoms with van der Waals surface area (Å²) in [7, 11) is 0. The molecule has 2 aromatic heterocycles. The quantitative estimate of drug-likeness (QED) is 0.775. The lowest BCUT2D eigenvalue weighted by atomic mass is 10.4. The van der Waals surface area contributed by atoms with Gasteiger partial charge >= 0.3 is 4.87 Å². The summed E-state index contributed by atoms with van der Waals surface area (Å²) in [5.41, 5.74) is 5.80. The highest BCUT2D eigenvalue weighted by Crippen LogP contribution is 2.16. The number of rotatable bonds is 3. The SMILES string of the molecule is Nc1nc(NCc2csc(=O)[nH]2)c(F)cc1F. The van der Waals surface area contributed by atoms with Crippen molar-refractivity contribution in [3.05, 3.63) is 38.4 Å². The molecule has 0 unspecified atom stereocenters. The fourth-order valence-electron chi connectivity index (χ4n) is 1.18. The largest absolute Gasteiger partial charge is 0.381 e. The number of hydrogen-bond acceptors (Lipinski definition) is 5. The maximum Gasteiger partial charge on any atom is 0.304 e. The van der Waals surface area contributed by atoms with E-state index < -0.39 is 11.6 Å². The molecule has 0 saturated heterocycles. The van der Waals surface area contributed by atoms with Gasteiger partial charge in [0.25, 0.3) is 0 Å². The van der Waals surface area contributed by atoms with Crippen LogP contribution in [0.25, 0.3) is 0 Å². The first kappa shape index (κ1) is 11.5. The lowest BCUT2D eigenvalue weighted by Gasteiger charge is -2.06. The van der Waals surface area contributed by atoms with Crippen molar-refractivity contribution < 1.29 is 8.78 Å². The molecule has 2 rings (SSSR count). The zero-order valence-electron chi connectivity index (χ0n) is 8.46. The third-order valence-electron chi connectivity index (χ3n) is 1.97. The van der Waals surface area contributed by atoms with Gasteiger partial charge in [0.2, 0.25) is 0 Å². The van der Waals surface area contributed by atoms with Gasteiger partial charge in [0, 0.05) is 17.1 Å². The molecule has 5 nitrogen and oxygen atoms in total. The Morgan fingerprint density at radius 3 is 2.88 bits per heavy atom. The molecule has 0 spiro atoms. The van der Waals surface area contributed by atoms with E-state index in [4.69, 9.17) is 5.73 Å². The fraction of sp³-hybridized carbons (Fsp3) is 0.111. The topological polar surface area (TPSA) is 83.8 Å². The summed E-state index contributed by atoms with van der Waals surface area (Å²) in [5, 5.41) is 4.21. The van der Waals surface area contributed by atoms with Gasteiger partial charge in [-0.15, -0.1) is 0 Å². The first-order valence-corrected chi connectivity index (χ1v) is 5.46. The Balaban J connectivity index is 2.14. The predicted molar refractivity (Wildman–Crippen MR) is 60.8 cm³/mol. The van der Waals surface area contributed by atoms with Crippen LogP contribution in [0.15, 0.2) is 16.2 Å². The van der Waals surface area contributed by atoms with Gasteiger partial charge in [0.1, 0.15) is 0 Å². The molecule has 4 N–H and O–H groups in total. The van der Waals surface area contributed by atoms with Gasteiger partial charge in [0.05, 0.1) is 6.54 Å². The average molecular weight is 258 g/mol. The number of nitrogen functional groups attached to an aromatic ring is 1. The van der Waals surface area contributed by atoms with Crippen molar-refractivity contribution in [2.45, 2.75) is 6.54 Å². The molecule has 0 aromatic carbocycles. The summed E-state index contributed by atoms with van der Waals surface area (Å²) in [5.74, 6) is -2.28. The molecule has 0 radical (unpaired) electrons. The maximum absolute atomic E-state index is 13.2. The number of thiazole rings is 1. The van der Waals surface area contributed by atoms with Crippen molar-refractivity contribution in [3.63, 3.8) is 0 Å². The van der Waals surface area contributed by atoms with Gasteiger partial charge in [0.15, 0.2) is 23.3 Å². The Hall–Kier alpha value is -1.96. The molecule has 0 bridgehead atoms. The highest BCUT2D eigenvalue weighted by Gasteiger charge is 2.09. The van der Waals surface area contributed by atoms with Gasteiger partial charge in [-0.1, -0.05) is 11.3 Å². The normalized spacial score (nSPS) is 10.5. The molecule has 8 heteroatoms. The third kappa shape index (κ3) is 2.59. The summed E-state index contributed by atoms with van der Waals surface area (Å²) in [4.78, 5) is 16.7. The van der Waals surface area contributed by atoms with Crippen LogP contribution in [0.5, 0.6) is 0 Å². The molecule has 0 atom stereocenters. The molecule has 0 amide bonds. The summed E-state index contributed by atoms with van der Waals surface area (Å²) < 4.78 is 26.1. The van der Waals surface area contributed by atoms with Gasteiger partial charge in [-0.05, 0) is 0 Å². The number of hydrogen-bond donors (Lipinski definition) is 3. The number of pyridine rings is 1. The Morgan fingerprint density at radius 2 is 2.24 bits per heavy atom. The molecule has 0 aliphatic heterocycles. The zero-order chi connectivity index (χ0) is 12.4. The number of anilines is 2. The number of halogens is 2. The first-order chi connectivity index (χ1) is 8.06. The van der Waals surface area contributed by atoms with Gasteiger partial charge in [-0.25, -0.2) is 13.8 Å². The summed E-state index contributed by atoms with van der Waals surface area (Å²) in [6, 6.07) is 0.654. The standard InChI is InChI=1S/C9H8F2N4OS/c10-5-1-6(11)8(15-7(5)12)13-2-4-3-17-9(16)14-4/h1,3H,2H2,(H,14,16)(H3,12,13,15). The second-order valence-corrected chi connectivity index (χ2v) is 4.06. The van der Waals surface area contributed by atoms with Crippen LogP contribution in [0.4, 0.5) is 20.4 Å². The molecular weight excluding hydrogens is 250 g/mol. The van der Waals surface area contributed by atoms with Gasteiger partial charge < -0.3 is 16.0 Å². The Bertz CT molecular complexity index is 595. The maximum atomic E-state index is 13.2. The lowest BCUT2D eigenvalue weighted by molar-refractivity contribution is 0.579. The van der Waals surface area contributed by atoms with Crippen molar-refractivity contribution in [1.82, 2.24) is 9.97 Å². The monoisotopic (exact) mass is 258 g/mol. The number of nitrogens with two attached hydrogens (primary N) is 1. The molecule has 0 saturated carbocycles. The van der Waals surface area contributed by atoms with E-state index in [9.17, 15) is 13.6 Å². The minimum absolute atomic E-state index is 0.157. The predicted octanol–water partition coefficient (Wildman–Crippen LogP) is 1.30. The highest BCUT2D eigenvalue weighted by molar-refractivity contribution is 7.07. The van der Waals surface area contributed by atoms with Gasteiger partial charge in [-0.2, -0.15) is 0 Å².